The van der Waals surface area contributed by atoms with Crippen molar-refractivity contribution in [1.82, 2.24) is 4.90 Å². The molecule has 1 saturated heterocycles. The zero-order chi connectivity index (χ0) is 20.7. The highest BCUT2D eigenvalue weighted by Gasteiger charge is 2.40. The molecule has 2 heterocycles. The molecular formula is C20H21NO8. The van der Waals surface area contributed by atoms with Gasteiger partial charge in [-0.15, -0.1) is 0 Å². The second-order valence-corrected chi connectivity index (χ2v) is 7.08. The number of carbonyl (C=O) groups is 1. The molecule has 2 atom stereocenters. The summed E-state index contributed by atoms with van der Waals surface area (Å²) in [6.45, 7) is 2.53. The maximum absolute atomic E-state index is 12.8. The third-order valence-corrected chi connectivity index (χ3v) is 5.22. The minimum absolute atomic E-state index is 0.0707. The third kappa shape index (κ3) is 3.44. The van der Waals surface area contributed by atoms with Crippen LogP contribution in [0.2, 0.25) is 0 Å². The number of carbonyl (C=O) groups excluding carboxylic acids is 1. The Morgan fingerprint density at radius 1 is 1.00 bits per heavy atom. The van der Waals surface area contributed by atoms with Crippen LogP contribution in [0.3, 0.4) is 0 Å². The second kappa shape index (κ2) is 7.43. The van der Waals surface area contributed by atoms with E-state index in [0.29, 0.717) is 26.3 Å². The average molecular weight is 403 g/mol. The van der Waals surface area contributed by atoms with Gasteiger partial charge in [0.25, 0.3) is 0 Å². The number of nitrogens with zero attached hydrogens (tertiary/aromatic N) is 1. The summed E-state index contributed by atoms with van der Waals surface area (Å²) in [6.07, 6.45) is -2.82. The van der Waals surface area contributed by atoms with Gasteiger partial charge in [0.05, 0.1) is 18.8 Å². The van der Waals surface area contributed by atoms with Gasteiger partial charge in [0.15, 0.2) is 23.7 Å². The van der Waals surface area contributed by atoms with Crippen molar-refractivity contribution in [3.63, 3.8) is 0 Å². The van der Waals surface area contributed by atoms with Gasteiger partial charge in [-0.05, 0) is 17.7 Å². The number of aliphatic hydroxyl groups excluding tert-OH is 1. The summed E-state index contributed by atoms with van der Waals surface area (Å²) in [6, 6.07) is 5.02. The highest BCUT2D eigenvalue weighted by atomic mass is 16.5. The summed E-state index contributed by atoms with van der Waals surface area (Å²) in [4.78, 5) is 14.8. The summed E-state index contributed by atoms with van der Waals surface area (Å²) in [5.41, 5.74) is 0.233. The van der Waals surface area contributed by atoms with Crippen molar-refractivity contribution < 1.29 is 39.8 Å². The molecule has 1 fully saturated rings. The maximum Gasteiger partial charge on any atom is 0.202 e. The number of rotatable bonds is 3. The van der Waals surface area contributed by atoms with Crippen LogP contribution in [0, 0.1) is 0 Å². The Labute approximate surface area is 166 Å². The molecule has 9 nitrogen and oxygen atoms in total. The minimum atomic E-state index is -1.64. The summed E-state index contributed by atoms with van der Waals surface area (Å²) < 4.78 is 11.0. The van der Waals surface area contributed by atoms with Crippen molar-refractivity contribution in [2.75, 3.05) is 26.3 Å². The summed E-state index contributed by atoms with van der Waals surface area (Å²) in [7, 11) is 0. The van der Waals surface area contributed by atoms with E-state index in [1.807, 2.05) is 4.90 Å². The lowest BCUT2D eigenvalue weighted by molar-refractivity contribution is 0.0206. The van der Waals surface area contributed by atoms with Gasteiger partial charge in [-0.3, -0.25) is 9.69 Å². The lowest BCUT2D eigenvalue weighted by Gasteiger charge is -2.32. The minimum Gasteiger partial charge on any atom is -0.507 e. The summed E-state index contributed by atoms with van der Waals surface area (Å²) in [5, 5.41) is 50.7. The van der Waals surface area contributed by atoms with E-state index in [-0.39, 0.29) is 40.5 Å². The molecule has 154 valence electrons. The van der Waals surface area contributed by atoms with Crippen LogP contribution >= 0.6 is 0 Å². The monoisotopic (exact) mass is 403 g/mol. The molecule has 0 aromatic heterocycles. The SMILES string of the molecule is O=C1c2c(cc(O)c(CN3CCOCC3)c2O)OC(c2ccc(O)c(O)c2)C1O. The van der Waals surface area contributed by atoms with Gasteiger partial charge in [-0.2, -0.15) is 0 Å². The standard InChI is InChI=1S/C20H21NO8/c22-12-2-1-10(7-14(12)24)20-19(27)18(26)16-15(29-20)8-13(23)11(17(16)25)9-21-3-5-28-6-4-21/h1-2,7-8,19-20,22-25,27H,3-6,9H2. The lowest BCUT2D eigenvalue weighted by Crippen LogP contribution is -2.37. The fraction of sp³-hybridized carbons (Fsp3) is 0.350. The molecule has 0 bridgehead atoms. The molecule has 0 saturated carbocycles. The van der Waals surface area contributed by atoms with Crippen LogP contribution in [0.15, 0.2) is 24.3 Å². The number of phenolic OH excluding ortho intramolecular Hbond substituents is 4. The number of Topliss-reactive ketones (excluding diaryl/α,β-unsaturated/α-hetero) is 1. The molecule has 0 radical (unpaired) electrons. The molecule has 0 spiro atoms. The van der Waals surface area contributed by atoms with Crippen molar-refractivity contribution in [3.8, 4) is 28.7 Å². The molecule has 4 rings (SSSR count). The normalized spacial score (nSPS) is 22.2. The van der Waals surface area contributed by atoms with E-state index < -0.39 is 29.5 Å². The predicted octanol–water partition coefficient (Wildman–Crippen LogP) is 1.02. The fourth-order valence-electron chi connectivity index (χ4n) is 3.60. The first-order valence-electron chi connectivity index (χ1n) is 9.15. The van der Waals surface area contributed by atoms with Gasteiger partial charge in [0.2, 0.25) is 5.78 Å². The Morgan fingerprint density at radius 3 is 2.41 bits per heavy atom. The number of ketones is 1. The Kier molecular flexibility index (Phi) is 4.95. The first-order chi connectivity index (χ1) is 13.9. The number of hydrogen-bond donors (Lipinski definition) is 5. The van der Waals surface area contributed by atoms with Gasteiger partial charge < -0.3 is 35.0 Å². The van der Waals surface area contributed by atoms with E-state index in [4.69, 9.17) is 9.47 Å². The lowest BCUT2D eigenvalue weighted by atomic mass is 9.91. The molecule has 9 heteroatoms. The van der Waals surface area contributed by atoms with E-state index in [2.05, 4.69) is 0 Å². The number of aliphatic hydroxyl groups is 1. The van der Waals surface area contributed by atoms with E-state index in [1.54, 1.807) is 0 Å². The van der Waals surface area contributed by atoms with Crippen LogP contribution in [0.1, 0.15) is 27.6 Å². The van der Waals surface area contributed by atoms with Crippen molar-refractivity contribution in [3.05, 3.63) is 41.0 Å². The molecule has 2 aromatic carbocycles. The van der Waals surface area contributed by atoms with Crippen LogP contribution in [0.25, 0.3) is 0 Å². The Morgan fingerprint density at radius 2 is 1.72 bits per heavy atom. The maximum atomic E-state index is 12.8. The zero-order valence-electron chi connectivity index (χ0n) is 15.4. The number of morpholine rings is 1. The number of ether oxygens (including phenoxy) is 2. The first-order valence-corrected chi connectivity index (χ1v) is 9.15. The smallest absolute Gasteiger partial charge is 0.202 e. The van der Waals surface area contributed by atoms with Gasteiger partial charge in [-0.1, -0.05) is 6.07 Å². The molecule has 29 heavy (non-hydrogen) atoms. The Hall–Kier alpha value is -3.01. The van der Waals surface area contributed by atoms with Crippen molar-refractivity contribution >= 4 is 5.78 Å². The molecular weight excluding hydrogens is 382 g/mol. The van der Waals surface area contributed by atoms with Crippen LogP contribution in [-0.2, 0) is 11.3 Å². The fourth-order valence-corrected chi connectivity index (χ4v) is 3.60. The first kappa shape index (κ1) is 19.3. The van der Waals surface area contributed by atoms with Gasteiger partial charge in [0.1, 0.15) is 22.8 Å². The van der Waals surface area contributed by atoms with Gasteiger partial charge in [0, 0.05) is 25.7 Å². The van der Waals surface area contributed by atoms with Crippen molar-refractivity contribution in [2.45, 2.75) is 18.8 Å². The molecule has 5 N–H and O–H groups in total. The zero-order valence-corrected chi connectivity index (χ0v) is 15.4. The second-order valence-electron chi connectivity index (χ2n) is 7.08. The molecule has 0 aliphatic carbocycles. The number of hydrogen-bond acceptors (Lipinski definition) is 9. The Bertz CT molecular complexity index is 954. The van der Waals surface area contributed by atoms with E-state index in [0.717, 1.165) is 0 Å². The van der Waals surface area contributed by atoms with E-state index in [9.17, 15) is 30.3 Å². The molecule has 2 aliphatic rings. The van der Waals surface area contributed by atoms with Gasteiger partial charge >= 0.3 is 0 Å². The molecule has 2 aliphatic heterocycles. The van der Waals surface area contributed by atoms with Crippen LogP contribution in [0.5, 0.6) is 28.7 Å². The van der Waals surface area contributed by atoms with Crippen LogP contribution in [0.4, 0.5) is 0 Å². The van der Waals surface area contributed by atoms with Crippen molar-refractivity contribution in [2.24, 2.45) is 0 Å². The topological polar surface area (TPSA) is 140 Å². The molecule has 2 aromatic rings. The van der Waals surface area contributed by atoms with Crippen LogP contribution in [-0.4, -0.2) is 68.6 Å². The largest absolute Gasteiger partial charge is 0.507 e. The molecule has 2 unspecified atom stereocenters. The highest BCUT2D eigenvalue weighted by Crippen LogP contribution is 2.45. The quantitative estimate of drug-likeness (QED) is 0.475. The molecule has 0 amide bonds. The number of fused-ring (bicyclic) bond motifs is 1. The number of phenols is 4. The number of aromatic hydroxyl groups is 4. The third-order valence-electron chi connectivity index (χ3n) is 5.22. The van der Waals surface area contributed by atoms with E-state index >= 15 is 0 Å². The predicted molar refractivity (Wildman–Crippen MR) is 99.3 cm³/mol. The average Bonchev–Trinajstić information content (AvgIpc) is 2.70. The van der Waals surface area contributed by atoms with E-state index in [1.165, 1.54) is 24.3 Å². The van der Waals surface area contributed by atoms with Crippen LogP contribution < -0.4 is 4.74 Å². The van der Waals surface area contributed by atoms with Crippen molar-refractivity contribution in [1.29, 1.82) is 0 Å². The van der Waals surface area contributed by atoms with Gasteiger partial charge in [-0.25, -0.2) is 0 Å². The number of benzene rings is 2. The summed E-state index contributed by atoms with van der Waals surface area (Å²) >= 11 is 0. The summed E-state index contributed by atoms with van der Waals surface area (Å²) in [5.74, 6) is -2.27. The Balaban J connectivity index is 1.69. The highest BCUT2D eigenvalue weighted by molar-refractivity contribution is 6.06.